The van der Waals surface area contributed by atoms with Crippen molar-refractivity contribution in [1.29, 1.82) is 0 Å². The number of nitrogens with zero attached hydrogens (tertiary/aromatic N) is 1. The van der Waals surface area contributed by atoms with E-state index in [1.807, 2.05) is 37.4 Å². The van der Waals surface area contributed by atoms with Crippen molar-refractivity contribution in [1.82, 2.24) is 0 Å². The molecule has 0 saturated heterocycles. The van der Waals surface area contributed by atoms with Gasteiger partial charge in [-0.1, -0.05) is 49.4 Å². The van der Waals surface area contributed by atoms with Gasteiger partial charge in [0.05, 0.1) is 11.5 Å². The normalized spacial score (nSPS) is 11.2. The number of sulfone groups is 1. The average Bonchev–Trinajstić information content (AvgIpc) is 2.74. The maximum Gasteiger partial charge on any atom is 0.255 e. The lowest BCUT2D eigenvalue weighted by molar-refractivity contribution is 0.102. The van der Waals surface area contributed by atoms with Gasteiger partial charge in [-0.05, 0) is 53.9 Å². The standard InChI is InChI=1S/C25H28N2O3S/c1-3-16-27(2)24-14-12-22(13-15-24)25(28)26-23-11-7-10-21(17-23)19-31(29,30)18-20-8-5-4-6-9-20/h4-15,17H,3,16,18-19H2,1-2H3,(H,26,28). The van der Waals surface area contributed by atoms with Crippen molar-refractivity contribution in [3.8, 4) is 0 Å². The maximum atomic E-state index is 12.6. The number of carbonyl (C=O) groups is 1. The summed E-state index contributed by atoms with van der Waals surface area (Å²) in [4.78, 5) is 14.8. The third-order valence-corrected chi connectivity index (χ3v) is 6.48. The number of hydrogen-bond acceptors (Lipinski definition) is 4. The van der Waals surface area contributed by atoms with Gasteiger partial charge in [0.25, 0.3) is 5.91 Å². The topological polar surface area (TPSA) is 66.5 Å². The minimum absolute atomic E-state index is 0.0107. The largest absolute Gasteiger partial charge is 0.375 e. The van der Waals surface area contributed by atoms with E-state index in [9.17, 15) is 13.2 Å². The summed E-state index contributed by atoms with van der Waals surface area (Å²) < 4.78 is 25.1. The first kappa shape index (κ1) is 22.6. The molecule has 0 radical (unpaired) electrons. The van der Waals surface area contributed by atoms with Gasteiger partial charge in [0.1, 0.15) is 0 Å². The Morgan fingerprint density at radius 2 is 1.52 bits per heavy atom. The van der Waals surface area contributed by atoms with Crippen molar-refractivity contribution in [2.75, 3.05) is 23.8 Å². The molecular formula is C25H28N2O3S. The molecule has 31 heavy (non-hydrogen) atoms. The average molecular weight is 437 g/mol. The highest BCUT2D eigenvalue weighted by Crippen LogP contribution is 2.18. The Kier molecular flexibility index (Phi) is 7.47. The van der Waals surface area contributed by atoms with E-state index in [0.717, 1.165) is 24.2 Å². The Morgan fingerprint density at radius 1 is 0.871 bits per heavy atom. The minimum Gasteiger partial charge on any atom is -0.375 e. The lowest BCUT2D eigenvalue weighted by Gasteiger charge is -2.18. The van der Waals surface area contributed by atoms with Gasteiger partial charge in [-0.3, -0.25) is 4.79 Å². The van der Waals surface area contributed by atoms with Crippen LogP contribution >= 0.6 is 0 Å². The molecule has 1 N–H and O–H groups in total. The molecule has 0 aliphatic carbocycles. The molecular weight excluding hydrogens is 408 g/mol. The lowest BCUT2D eigenvalue weighted by Crippen LogP contribution is -2.18. The highest BCUT2D eigenvalue weighted by molar-refractivity contribution is 7.89. The molecule has 162 valence electrons. The maximum absolute atomic E-state index is 12.6. The zero-order valence-electron chi connectivity index (χ0n) is 17.9. The molecule has 0 fully saturated rings. The molecule has 0 aromatic heterocycles. The van der Waals surface area contributed by atoms with E-state index in [0.29, 0.717) is 16.8 Å². The van der Waals surface area contributed by atoms with E-state index in [2.05, 4.69) is 17.1 Å². The molecule has 0 aliphatic heterocycles. The number of benzene rings is 3. The van der Waals surface area contributed by atoms with Crippen molar-refractivity contribution in [3.05, 3.63) is 95.6 Å². The Labute approximate surface area is 184 Å². The lowest BCUT2D eigenvalue weighted by atomic mass is 10.1. The third-order valence-electron chi connectivity index (χ3n) is 4.93. The van der Waals surface area contributed by atoms with Crippen LogP contribution in [0, 0.1) is 0 Å². The van der Waals surface area contributed by atoms with Crippen LogP contribution in [0.25, 0.3) is 0 Å². The van der Waals surface area contributed by atoms with Crippen molar-refractivity contribution in [2.24, 2.45) is 0 Å². The van der Waals surface area contributed by atoms with Crippen LogP contribution in [0.1, 0.15) is 34.8 Å². The number of anilines is 2. The van der Waals surface area contributed by atoms with Gasteiger partial charge >= 0.3 is 0 Å². The fraction of sp³-hybridized carbons (Fsp3) is 0.240. The third kappa shape index (κ3) is 6.69. The van der Waals surface area contributed by atoms with E-state index >= 15 is 0 Å². The van der Waals surface area contributed by atoms with E-state index in [1.165, 1.54) is 0 Å². The summed E-state index contributed by atoms with van der Waals surface area (Å²) in [6.07, 6.45) is 1.05. The number of carbonyl (C=O) groups excluding carboxylic acids is 1. The summed E-state index contributed by atoms with van der Waals surface area (Å²) in [6, 6.07) is 23.6. The van der Waals surface area contributed by atoms with Gasteiger partial charge in [-0.2, -0.15) is 0 Å². The molecule has 3 aromatic carbocycles. The van der Waals surface area contributed by atoms with Gasteiger partial charge in [0.2, 0.25) is 0 Å². The zero-order valence-corrected chi connectivity index (χ0v) is 18.7. The summed E-state index contributed by atoms with van der Waals surface area (Å²) in [6.45, 7) is 3.07. The Morgan fingerprint density at radius 3 is 2.19 bits per heavy atom. The van der Waals surface area contributed by atoms with E-state index in [4.69, 9.17) is 0 Å². The van der Waals surface area contributed by atoms with Crippen LogP contribution in [0.4, 0.5) is 11.4 Å². The van der Waals surface area contributed by atoms with Crippen LogP contribution in [0.3, 0.4) is 0 Å². The van der Waals surface area contributed by atoms with Crippen LogP contribution in [0.5, 0.6) is 0 Å². The predicted octanol–water partition coefficient (Wildman–Crippen LogP) is 4.90. The van der Waals surface area contributed by atoms with E-state index in [1.54, 1.807) is 48.5 Å². The van der Waals surface area contributed by atoms with Crippen molar-refractivity contribution in [2.45, 2.75) is 24.9 Å². The summed E-state index contributed by atoms with van der Waals surface area (Å²) in [5, 5.41) is 2.86. The van der Waals surface area contributed by atoms with E-state index < -0.39 is 9.84 Å². The highest BCUT2D eigenvalue weighted by atomic mass is 32.2. The molecule has 0 aliphatic rings. The van der Waals surface area contributed by atoms with Crippen molar-refractivity contribution >= 4 is 27.1 Å². The molecule has 3 rings (SSSR count). The summed E-state index contributed by atoms with van der Waals surface area (Å²) in [5.41, 5.74) is 3.59. The second kappa shape index (κ2) is 10.3. The van der Waals surface area contributed by atoms with Crippen LogP contribution in [-0.4, -0.2) is 27.9 Å². The second-order valence-corrected chi connectivity index (χ2v) is 9.71. The number of rotatable bonds is 9. The molecule has 0 spiro atoms. The molecule has 0 saturated carbocycles. The summed E-state index contributed by atoms with van der Waals surface area (Å²) in [7, 11) is -1.30. The zero-order chi connectivity index (χ0) is 22.3. The number of hydrogen-bond donors (Lipinski definition) is 1. The highest BCUT2D eigenvalue weighted by Gasteiger charge is 2.14. The number of nitrogens with one attached hydrogen (secondary N) is 1. The fourth-order valence-electron chi connectivity index (χ4n) is 3.41. The van der Waals surface area contributed by atoms with Crippen molar-refractivity contribution < 1.29 is 13.2 Å². The van der Waals surface area contributed by atoms with E-state index in [-0.39, 0.29) is 17.4 Å². The van der Waals surface area contributed by atoms with Gasteiger partial charge in [0, 0.05) is 30.5 Å². The van der Waals surface area contributed by atoms with Gasteiger partial charge in [0.15, 0.2) is 9.84 Å². The first-order chi connectivity index (χ1) is 14.9. The molecule has 0 unspecified atom stereocenters. The Bertz CT molecular complexity index is 1110. The summed E-state index contributed by atoms with van der Waals surface area (Å²) in [5.74, 6) is -0.318. The predicted molar refractivity (Wildman–Crippen MR) is 127 cm³/mol. The smallest absolute Gasteiger partial charge is 0.255 e. The number of amides is 1. The van der Waals surface area contributed by atoms with Gasteiger partial charge in [-0.25, -0.2) is 8.42 Å². The van der Waals surface area contributed by atoms with Crippen LogP contribution in [0.2, 0.25) is 0 Å². The molecule has 6 heteroatoms. The monoisotopic (exact) mass is 436 g/mol. The Hall–Kier alpha value is -3.12. The molecule has 3 aromatic rings. The van der Waals surface area contributed by atoms with Crippen LogP contribution in [-0.2, 0) is 21.3 Å². The van der Waals surface area contributed by atoms with Crippen molar-refractivity contribution in [3.63, 3.8) is 0 Å². The van der Waals surface area contributed by atoms with Gasteiger partial charge < -0.3 is 10.2 Å². The quantitative estimate of drug-likeness (QED) is 0.518. The molecule has 5 nitrogen and oxygen atoms in total. The summed E-state index contributed by atoms with van der Waals surface area (Å²) >= 11 is 0. The SMILES string of the molecule is CCCN(C)c1ccc(C(=O)Nc2cccc(CS(=O)(=O)Cc3ccccc3)c2)cc1. The fourth-order valence-corrected chi connectivity index (χ4v) is 4.90. The molecule has 0 bridgehead atoms. The molecule has 1 amide bonds. The minimum atomic E-state index is -3.32. The molecule has 0 atom stereocenters. The first-order valence-corrected chi connectivity index (χ1v) is 12.1. The second-order valence-electron chi connectivity index (χ2n) is 7.64. The molecule has 0 heterocycles. The first-order valence-electron chi connectivity index (χ1n) is 10.3. The van der Waals surface area contributed by atoms with Gasteiger partial charge in [-0.15, -0.1) is 0 Å². The Balaban J connectivity index is 1.65. The van der Waals surface area contributed by atoms with Crippen LogP contribution in [0.15, 0.2) is 78.9 Å². The van der Waals surface area contributed by atoms with Crippen LogP contribution < -0.4 is 10.2 Å².